The highest BCUT2D eigenvalue weighted by Gasteiger charge is 2.16. The van der Waals surface area contributed by atoms with Crippen LogP contribution in [-0.2, 0) is 4.57 Å². The van der Waals surface area contributed by atoms with Crippen molar-refractivity contribution in [3.8, 4) is 0 Å². The minimum atomic E-state index is -2.10. The molecule has 1 aromatic rings. The predicted octanol–water partition coefficient (Wildman–Crippen LogP) is 4.67. The smallest absolute Gasteiger partial charge is 0.112 e. The van der Waals surface area contributed by atoms with Crippen molar-refractivity contribution in [3.05, 3.63) is 30.3 Å². The van der Waals surface area contributed by atoms with Gasteiger partial charge in [-0.2, -0.15) is 0 Å². The van der Waals surface area contributed by atoms with Crippen LogP contribution in [0.15, 0.2) is 30.3 Å². The summed E-state index contributed by atoms with van der Waals surface area (Å²) < 4.78 is 12.5. The molecule has 1 nitrogen and oxygen atoms in total. The number of unbranched alkanes of at least 4 members (excludes halogenated alkanes) is 5. The monoisotopic (exact) mass is 252 g/mol. The maximum Gasteiger partial charge on any atom is 0.112 e. The van der Waals surface area contributed by atoms with E-state index >= 15 is 0 Å². The quantitative estimate of drug-likeness (QED) is 0.485. The second-order valence-electron chi connectivity index (χ2n) is 4.93. The van der Waals surface area contributed by atoms with Gasteiger partial charge in [0.25, 0.3) is 0 Å². The molecule has 96 valence electrons. The highest BCUT2D eigenvalue weighted by Crippen LogP contribution is 2.40. The van der Waals surface area contributed by atoms with E-state index in [4.69, 9.17) is 0 Å². The first-order valence-corrected chi connectivity index (χ1v) is 9.13. The molecule has 0 spiro atoms. The van der Waals surface area contributed by atoms with Crippen LogP contribution in [0.2, 0.25) is 0 Å². The lowest BCUT2D eigenvalue weighted by Crippen LogP contribution is -2.06. The first-order valence-electron chi connectivity index (χ1n) is 6.79. The average molecular weight is 252 g/mol. The molecule has 0 saturated carbocycles. The summed E-state index contributed by atoms with van der Waals surface area (Å²) in [4.78, 5) is 0. The van der Waals surface area contributed by atoms with Gasteiger partial charge in [0.05, 0.1) is 0 Å². The first-order chi connectivity index (χ1) is 8.17. The van der Waals surface area contributed by atoms with Crippen LogP contribution in [0.5, 0.6) is 0 Å². The molecule has 0 aliphatic carbocycles. The van der Waals surface area contributed by atoms with Gasteiger partial charge >= 0.3 is 0 Å². The Morgan fingerprint density at radius 1 is 0.941 bits per heavy atom. The average Bonchev–Trinajstić information content (AvgIpc) is 2.35. The van der Waals surface area contributed by atoms with Gasteiger partial charge in [-0.3, -0.25) is 0 Å². The highest BCUT2D eigenvalue weighted by molar-refractivity contribution is 7.70. The third-order valence-electron chi connectivity index (χ3n) is 3.24. The SMILES string of the molecule is CCCCCCCCP(C)(=O)c1ccccc1. The van der Waals surface area contributed by atoms with Crippen LogP contribution < -0.4 is 5.30 Å². The zero-order chi connectivity index (χ0) is 12.6. The van der Waals surface area contributed by atoms with E-state index in [1.54, 1.807) is 0 Å². The van der Waals surface area contributed by atoms with Crippen molar-refractivity contribution < 1.29 is 4.57 Å². The summed E-state index contributed by atoms with van der Waals surface area (Å²) in [7, 11) is -2.10. The molecule has 0 bridgehead atoms. The molecule has 0 saturated heterocycles. The molecule has 1 rings (SSSR count). The molecule has 0 heterocycles. The van der Waals surface area contributed by atoms with Crippen LogP contribution >= 0.6 is 7.14 Å². The summed E-state index contributed by atoms with van der Waals surface area (Å²) in [6, 6.07) is 9.93. The standard InChI is InChI=1S/C15H25OP/c1-3-4-5-6-7-11-14-17(2,16)15-12-9-8-10-13-15/h8-10,12-13H,3-7,11,14H2,1-2H3. The van der Waals surface area contributed by atoms with Crippen LogP contribution in [0.4, 0.5) is 0 Å². The number of hydrogen-bond donors (Lipinski definition) is 0. The zero-order valence-corrected chi connectivity index (χ0v) is 12.1. The topological polar surface area (TPSA) is 17.1 Å². The number of rotatable bonds is 8. The van der Waals surface area contributed by atoms with E-state index in [1.165, 1.54) is 32.1 Å². The van der Waals surface area contributed by atoms with E-state index in [2.05, 4.69) is 6.92 Å². The van der Waals surface area contributed by atoms with Crippen molar-refractivity contribution in [1.29, 1.82) is 0 Å². The Bertz CT molecular complexity index is 345. The van der Waals surface area contributed by atoms with E-state index in [1.807, 2.05) is 37.0 Å². The third-order valence-corrected chi connectivity index (χ3v) is 5.80. The number of hydrogen-bond acceptors (Lipinski definition) is 1. The predicted molar refractivity (Wildman–Crippen MR) is 77.8 cm³/mol. The summed E-state index contributed by atoms with van der Waals surface area (Å²) in [6.07, 6.45) is 8.44. The summed E-state index contributed by atoms with van der Waals surface area (Å²) in [5.74, 6) is 0. The van der Waals surface area contributed by atoms with E-state index < -0.39 is 7.14 Å². The second-order valence-corrected chi connectivity index (χ2v) is 8.09. The van der Waals surface area contributed by atoms with Gasteiger partial charge in [-0.25, -0.2) is 0 Å². The Kier molecular flexibility index (Phi) is 6.58. The maximum atomic E-state index is 12.5. The summed E-state index contributed by atoms with van der Waals surface area (Å²) in [6.45, 7) is 4.16. The normalized spacial score (nSPS) is 14.5. The van der Waals surface area contributed by atoms with Crippen LogP contribution in [0, 0.1) is 0 Å². The van der Waals surface area contributed by atoms with E-state index in [9.17, 15) is 4.57 Å². The van der Waals surface area contributed by atoms with Crippen molar-refractivity contribution in [2.45, 2.75) is 45.4 Å². The second kappa shape index (κ2) is 7.71. The molecule has 0 N–H and O–H groups in total. The molecule has 0 fully saturated rings. The molecule has 1 unspecified atom stereocenters. The lowest BCUT2D eigenvalue weighted by molar-refractivity contribution is 0.577. The van der Waals surface area contributed by atoms with Crippen molar-refractivity contribution in [2.24, 2.45) is 0 Å². The summed E-state index contributed by atoms with van der Waals surface area (Å²) >= 11 is 0. The van der Waals surface area contributed by atoms with Crippen LogP contribution in [0.3, 0.4) is 0 Å². The van der Waals surface area contributed by atoms with Crippen LogP contribution in [0.1, 0.15) is 45.4 Å². The van der Waals surface area contributed by atoms with Gasteiger partial charge in [-0.1, -0.05) is 69.4 Å². The molecule has 0 amide bonds. The van der Waals surface area contributed by atoms with Crippen LogP contribution in [0.25, 0.3) is 0 Å². The first kappa shape index (κ1) is 14.5. The van der Waals surface area contributed by atoms with Gasteiger partial charge < -0.3 is 4.57 Å². The minimum Gasteiger partial charge on any atom is -0.319 e. The van der Waals surface area contributed by atoms with Gasteiger partial charge in [-0.05, 0) is 13.1 Å². The van der Waals surface area contributed by atoms with E-state index in [0.717, 1.165) is 17.9 Å². The molecule has 0 aromatic heterocycles. The fourth-order valence-corrected chi connectivity index (χ4v) is 3.95. The Hall–Kier alpha value is -0.550. The molecular formula is C15H25OP. The molecular weight excluding hydrogens is 227 g/mol. The maximum absolute atomic E-state index is 12.5. The van der Waals surface area contributed by atoms with E-state index in [0.29, 0.717) is 0 Å². The minimum absolute atomic E-state index is 0.864. The fraction of sp³-hybridized carbons (Fsp3) is 0.600. The Morgan fingerprint density at radius 3 is 2.18 bits per heavy atom. The Morgan fingerprint density at radius 2 is 1.53 bits per heavy atom. The molecule has 1 aromatic carbocycles. The van der Waals surface area contributed by atoms with Gasteiger partial charge in [0, 0.05) is 11.5 Å². The molecule has 17 heavy (non-hydrogen) atoms. The molecule has 1 atom stereocenters. The lowest BCUT2D eigenvalue weighted by atomic mass is 10.1. The van der Waals surface area contributed by atoms with E-state index in [-0.39, 0.29) is 0 Å². The van der Waals surface area contributed by atoms with Crippen molar-refractivity contribution in [3.63, 3.8) is 0 Å². The van der Waals surface area contributed by atoms with Gasteiger partial charge in [0.15, 0.2) is 0 Å². The zero-order valence-electron chi connectivity index (χ0n) is 11.2. The third kappa shape index (κ3) is 5.55. The van der Waals surface area contributed by atoms with Gasteiger partial charge in [0.2, 0.25) is 0 Å². The van der Waals surface area contributed by atoms with Gasteiger partial charge in [0.1, 0.15) is 7.14 Å². The summed E-state index contributed by atoms with van der Waals surface area (Å²) in [5, 5.41) is 1.04. The molecule has 0 radical (unpaired) electrons. The molecule has 0 aliphatic heterocycles. The van der Waals surface area contributed by atoms with Crippen molar-refractivity contribution >= 4 is 12.4 Å². The van der Waals surface area contributed by atoms with Crippen LogP contribution in [-0.4, -0.2) is 12.8 Å². The molecule has 2 heteroatoms. The largest absolute Gasteiger partial charge is 0.319 e. The molecule has 0 aliphatic rings. The Balaban J connectivity index is 2.28. The van der Waals surface area contributed by atoms with Gasteiger partial charge in [-0.15, -0.1) is 0 Å². The fourth-order valence-electron chi connectivity index (χ4n) is 2.07. The van der Waals surface area contributed by atoms with Crippen molar-refractivity contribution in [2.75, 3.05) is 12.8 Å². The lowest BCUT2D eigenvalue weighted by Gasteiger charge is -2.13. The number of benzene rings is 1. The highest BCUT2D eigenvalue weighted by atomic mass is 31.2. The summed E-state index contributed by atoms with van der Waals surface area (Å²) in [5.41, 5.74) is 0. The Labute approximate surface area is 106 Å². The van der Waals surface area contributed by atoms with Crippen molar-refractivity contribution in [1.82, 2.24) is 0 Å².